The molecule has 2 N–H and O–H groups in total. The van der Waals surface area contributed by atoms with E-state index < -0.39 is 11.5 Å². The molecule has 0 aromatic heterocycles. The lowest BCUT2D eigenvalue weighted by Gasteiger charge is -2.28. The van der Waals surface area contributed by atoms with Crippen LogP contribution in [-0.2, 0) is 14.3 Å². The summed E-state index contributed by atoms with van der Waals surface area (Å²) in [7, 11) is 0. The number of hydrogen-bond donors (Lipinski definition) is 2. The maximum Gasteiger partial charge on any atom is 0.323 e. The largest absolute Gasteiger partial charge is 0.480 e. The molecule has 1 unspecified atom stereocenters. The highest BCUT2D eigenvalue weighted by Gasteiger charge is 2.31. The van der Waals surface area contributed by atoms with Crippen molar-refractivity contribution in [2.24, 2.45) is 0 Å². The van der Waals surface area contributed by atoms with E-state index in [1.807, 2.05) is 6.92 Å². The summed E-state index contributed by atoms with van der Waals surface area (Å²) in [5.74, 6) is -0.824. The van der Waals surface area contributed by atoms with Crippen molar-refractivity contribution >= 4 is 5.97 Å². The highest BCUT2D eigenvalue weighted by molar-refractivity contribution is 5.78. The quantitative estimate of drug-likeness (QED) is 0.701. The van der Waals surface area contributed by atoms with E-state index in [0.29, 0.717) is 19.6 Å². The van der Waals surface area contributed by atoms with Crippen molar-refractivity contribution in [2.75, 3.05) is 26.4 Å². The van der Waals surface area contributed by atoms with Gasteiger partial charge in [-0.25, -0.2) is 0 Å². The van der Waals surface area contributed by atoms with E-state index in [9.17, 15) is 4.79 Å². The molecule has 1 atom stereocenters. The summed E-state index contributed by atoms with van der Waals surface area (Å²) in [6, 6.07) is 0. The minimum absolute atomic E-state index is 0.225. The van der Waals surface area contributed by atoms with Crippen molar-refractivity contribution in [1.82, 2.24) is 5.32 Å². The summed E-state index contributed by atoms with van der Waals surface area (Å²) in [5, 5.41) is 12.2. The van der Waals surface area contributed by atoms with E-state index in [1.54, 1.807) is 6.92 Å². The van der Waals surface area contributed by atoms with Gasteiger partial charge in [0.2, 0.25) is 0 Å². The van der Waals surface area contributed by atoms with Crippen LogP contribution in [-0.4, -0.2) is 49.1 Å². The molecule has 100 valence electrons. The lowest BCUT2D eigenvalue weighted by atomic mass is 9.98. The zero-order chi connectivity index (χ0) is 12.7. The van der Waals surface area contributed by atoms with E-state index in [2.05, 4.69) is 5.32 Å². The predicted octanol–water partition coefficient (Wildman–Crippen LogP) is 1.02. The Balaban J connectivity index is 2.28. The van der Waals surface area contributed by atoms with Gasteiger partial charge in [0, 0.05) is 19.8 Å². The Morgan fingerprint density at radius 1 is 1.53 bits per heavy atom. The number of likely N-dealkylation sites (N-methyl/N-ethyl adjacent to an activating group) is 1. The second-order valence-electron chi connectivity index (χ2n) is 4.60. The molecule has 1 heterocycles. The second-order valence-corrected chi connectivity index (χ2v) is 4.60. The average molecular weight is 245 g/mol. The molecule has 1 saturated heterocycles. The Bertz CT molecular complexity index is 241. The fourth-order valence-corrected chi connectivity index (χ4v) is 1.93. The lowest BCUT2D eigenvalue weighted by Crippen LogP contribution is -2.50. The highest BCUT2D eigenvalue weighted by Crippen LogP contribution is 2.14. The van der Waals surface area contributed by atoms with Crippen LogP contribution in [0.2, 0.25) is 0 Å². The van der Waals surface area contributed by atoms with E-state index in [0.717, 1.165) is 26.1 Å². The van der Waals surface area contributed by atoms with Crippen molar-refractivity contribution in [3.63, 3.8) is 0 Å². The summed E-state index contributed by atoms with van der Waals surface area (Å²) < 4.78 is 10.9. The zero-order valence-electron chi connectivity index (χ0n) is 10.7. The molecule has 1 fully saturated rings. The number of carboxylic acids is 1. The molecule has 0 aliphatic carbocycles. The Morgan fingerprint density at radius 3 is 2.71 bits per heavy atom. The van der Waals surface area contributed by atoms with Gasteiger partial charge >= 0.3 is 5.97 Å². The van der Waals surface area contributed by atoms with Crippen LogP contribution < -0.4 is 5.32 Å². The van der Waals surface area contributed by atoms with Crippen molar-refractivity contribution in [1.29, 1.82) is 0 Å². The third kappa shape index (κ3) is 4.61. The molecule has 0 bridgehead atoms. The van der Waals surface area contributed by atoms with Gasteiger partial charge in [-0.1, -0.05) is 6.92 Å². The maximum atomic E-state index is 11.2. The summed E-state index contributed by atoms with van der Waals surface area (Å²) >= 11 is 0. The first-order valence-electron chi connectivity index (χ1n) is 6.26. The van der Waals surface area contributed by atoms with Gasteiger partial charge in [0.25, 0.3) is 0 Å². The number of rotatable bonds is 7. The monoisotopic (exact) mass is 245 g/mol. The molecule has 5 heteroatoms. The predicted molar refractivity (Wildman–Crippen MR) is 64.1 cm³/mol. The first kappa shape index (κ1) is 14.4. The van der Waals surface area contributed by atoms with Crippen LogP contribution in [0, 0.1) is 0 Å². The molecule has 0 radical (unpaired) electrons. The second kappa shape index (κ2) is 6.93. The number of hydrogen-bond acceptors (Lipinski definition) is 4. The van der Waals surface area contributed by atoms with E-state index in [1.165, 1.54) is 0 Å². The van der Waals surface area contributed by atoms with Gasteiger partial charge in [-0.2, -0.15) is 0 Å². The molecular weight excluding hydrogens is 222 g/mol. The highest BCUT2D eigenvalue weighted by atomic mass is 16.5. The van der Waals surface area contributed by atoms with Gasteiger partial charge in [0.05, 0.1) is 6.10 Å². The summed E-state index contributed by atoms with van der Waals surface area (Å²) in [5.41, 5.74) is -0.889. The van der Waals surface area contributed by atoms with E-state index in [-0.39, 0.29) is 6.10 Å². The van der Waals surface area contributed by atoms with E-state index >= 15 is 0 Å². The van der Waals surface area contributed by atoms with Gasteiger partial charge in [-0.05, 0) is 32.7 Å². The molecule has 0 amide bonds. The summed E-state index contributed by atoms with van der Waals surface area (Å²) in [6.07, 6.45) is 2.52. The zero-order valence-corrected chi connectivity index (χ0v) is 10.7. The lowest BCUT2D eigenvalue weighted by molar-refractivity contribution is -0.145. The number of aliphatic carboxylic acids is 1. The van der Waals surface area contributed by atoms with E-state index in [4.69, 9.17) is 14.6 Å². The van der Waals surface area contributed by atoms with Crippen LogP contribution in [0.3, 0.4) is 0 Å². The first-order chi connectivity index (χ1) is 8.08. The normalized spacial score (nSPS) is 21.1. The summed E-state index contributed by atoms with van der Waals surface area (Å²) in [6.45, 7) is 6.20. The summed E-state index contributed by atoms with van der Waals surface area (Å²) in [4.78, 5) is 11.2. The fourth-order valence-electron chi connectivity index (χ4n) is 1.93. The SMILES string of the molecule is CCNC(C)(CCOC1CCOCC1)C(=O)O. The minimum Gasteiger partial charge on any atom is -0.480 e. The average Bonchev–Trinajstić information content (AvgIpc) is 2.30. The Labute approximate surface area is 102 Å². The van der Waals surface area contributed by atoms with Gasteiger partial charge in [-0.15, -0.1) is 0 Å². The third-order valence-electron chi connectivity index (χ3n) is 3.16. The molecule has 17 heavy (non-hydrogen) atoms. The van der Waals surface area contributed by atoms with Crippen molar-refractivity contribution in [2.45, 2.75) is 44.8 Å². The molecule has 1 rings (SSSR count). The van der Waals surface area contributed by atoms with Gasteiger partial charge in [0.1, 0.15) is 5.54 Å². The number of carboxylic acid groups (broad SMARTS) is 1. The molecule has 5 nitrogen and oxygen atoms in total. The molecule has 0 aromatic carbocycles. The molecule has 0 saturated carbocycles. The van der Waals surface area contributed by atoms with Crippen molar-refractivity contribution < 1.29 is 19.4 Å². The number of nitrogens with one attached hydrogen (secondary N) is 1. The molecule has 1 aliphatic heterocycles. The van der Waals surface area contributed by atoms with Crippen LogP contribution in [0.25, 0.3) is 0 Å². The van der Waals surface area contributed by atoms with Gasteiger partial charge in [0.15, 0.2) is 0 Å². The topological polar surface area (TPSA) is 67.8 Å². The van der Waals surface area contributed by atoms with Crippen LogP contribution in [0.5, 0.6) is 0 Å². The van der Waals surface area contributed by atoms with Gasteiger partial charge < -0.3 is 19.9 Å². The van der Waals surface area contributed by atoms with Crippen molar-refractivity contribution in [3.05, 3.63) is 0 Å². The number of ether oxygens (including phenoxy) is 2. The third-order valence-corrected chi connectivity index (χ3v) is 3.16. The molecule has 1 aliphatic rings. The Kier molecular flexibility index (Phi) is 5.88. The van der Waals surface area contributed by atoms with Crippen LogP contribution in [0.4, 0.5) is 0 Å². The smallest absolute Gasteiger partial charge is 0.323 e. The molecule has 0 aromatic rings. The standard InChI is InChI=1S/C12H23NO4/c1-3-13-12(2,11(14)15)6-9-17-10-4-7-16-8-5-10/h10,13H,3-9H2,1-2H3,(H,14,15). The van der Waals surface area contributed by atoms with Crippen LogP contribution in [0.1, 0.15) is 33.1 Å². The first-order valence-corrected chi connectivity index (χ1v) is 6.26. The van der Waals surface area contributed by atoms with Crippen LogP contribution >= 0.6 is 0 Å². The van der Waals surface area contributed by atoms with Crippen LogP contribution in [0.15, 0.2) is 0 Å². The maximum absolute atomic E-state index is 11.2. The Hall–Kier alpha value is -0.650. The van der Waals surface area contributed by atoms with Crippen molar-refractivity contribution in [3.8, 4) is 0 Å². The Morgan fingerprint density at radius 2 is 2.18 bits per heavy atom. The molecular formula is C12H23NO4. The molecule has 0 spiro atoms. The fraction of sp³-hybridized carbons (Fsp3) is 0.917. The van der Waals surface area contributed by atoms with Gasteiger partial charge in [-0.3, -0.25) is 4.79 Å². The minimum atomic E-state index is -0.889. The number of carbonyl (C=O) groups is 1.